The number of benzene rings is 1. The van der Waals surface area contributed by atoms with Crippen molar-refractivity contribution in [2.45, 2.75) is 59.5 Å². The van der Waals surface area contributed by atoms with Crippen LogP contribution in [0.2, 0.25) is 0 Å². The molecule has 0 radical (unpaired) electrons. The van der Waals surface area contributed by atoms with Gasteiger partial charge in [0.15, 0.2) is 5.92 Å². The maximum Gasteiger partial charge on any atom is 0.325 e. The Bertz CT molecular complexity index is 787. The molecule has 0 saturated heterocycles. The van der Waals surface area contributed by atoms with Crippen molar-refractivity contribution in [1.82, 2.24) is 9.88 Å². The second-order valence-corrected chi connectivity index (χ2v) is 7.39. The summed E-state index contributed by atoms with van der Waals surface area (Å²) in [6.07, 6.45) is 2.94. The molecule has 2 rings (SSSR count). The lowest BCUT2D eigenvalue weighted by molar-refractivity contribution is -0.152. The molecule has 0 aliphatic rings. The molecule has 1 aromatic heterocycles. The summed E-state index contributed by atoms with van der Waals surface area (Å²) in [5, 5.41) is 10.0. The van der Waals surface area contributed by atoms with E-state index < -0.39 is 17.9 Å². The Morgan fingerprint density at radius 2 is 1.85 bits per heavy atom. The molecular formula is C21H30N2O4. The third-order valence-corrected chi connectivity index (χ3v) is 4.92. The minimum absolute atomic E-state index is 0.196. The van der Waals surface area contributed by atoms with Crippen molar-refractivity contribution in [3.8, 4) is 5.75 Å². The summed E-state index contributed by atoms with van der Waals surface area (Å²) in [6, 6.07) is 6.31. The van der Waals surface area contributed by atoms with Crippen molar-refractivity contribution >= 4 is 22.8 Å². The van der Waals surface area contributed by atoms with Gasteiger partial charge in [0.25, 0.3) is 0 Å². The van der Waals surface area contributed by atoms with Crippen molar-refractivity contribution in [1.29, 1.82) is 0 Å². The summed E-state index contributed by atoms with van der Waals surface area (Å²) in [7, 11) is 0. The number of carboxylic acid groups (broad SMARTS) is 1. The van der Waals surface area contributed by atoms with Gasteiger partial charge in [-0.2, -0.15) is 0 Å². The molecule has 6 nitrogen and oxygen atoms in total. The quantitative estimate of drug-likeness (QED) is 0.396. The normalized spacial score (nSPS) is 12.9. The number of ether oxygens (including phenoxy) is 1. The van der Waals surface area contributed by atoms with E-state index in [1.54, 1.807) is 19.1 Å². The SMILES string of the molecule is CCC(C(=O)O)C(=O)Oc1cccc2[nH]cc(CCN(C(C)C)C(C)C)c12. The van der Waals surface area contributed by atoms with Gasteiger partial charge in [0.05, 0.1) is 0 Å². The lowest BCUT2D eigenvalue weighted by Gasteiger charge is -2.30. The van der Waals surface area contributed by atoms with Gasteiger partial charge in [0.1, 0.15) is 5.75 Å². The molecule has 1 atom stereocenters. The number of fused-ring (bicyclic) bond motifs is 1. The Morgan fingerprint density at radius 1 is 1.19 bits per heavy atom. The molecule has 2 N–H and O–H groups in total. The average molecular weight is 374 g/mol. The fourth-order valence-corrected chi connectivity index (χ4v) is 3.49. The second-order valence-electron chi connectivity index (χ2n) is 7.39. The Morgan fingerprint density at radius 3 is 2.41 bits per heavy atom. The number of aliphatic carboxylic acids is 1. The van der Waals surface area contributed by atoms with Crippen LogP contribution < -0.4 is 4.74 Å². The highest BCUT2D eigenvalue weighted by Gasteiger charge is 2.27. The molecule has 0 spiro atoms. The molecule has 27 heavy (non-hydrogen) atoms. The molecule has 0 aliphatic heterocycles. The summed E-state index contributed by atoms with van der Waals surface area (Å²) in [5.74, 6) is -2.63. The number of hydrogen-bond acceptors (Lipinski definition) is 4. The first-order chi connectivity index (χ1) is 12.8. The molecule has 2 aromatic rings. The minimum Gasteiger partial charge on any atom is -0.481 e. The van der Waals surface area contributed by atoms with E-state index in [2.05, 4.69) is 37.6 Å². The summed E-state index contributed by atoms with van der Waals surface area (Å²) in [5.41, 5.74) is 1.93. The van der Waals surface area contributed by atoms with Gasteiger partial charge in [-0.1, -0.05) is 13.0 Å². The lowest BCUT2D eigenvalue weighted by Crippen LogP contribution is -2.38. The fraction of sp³-hybridized carbons (Fsp3) is 0.524. The summed E-state index contributed by atoms with van der Waals surface area (Å²) < 4.78 is 5.49. The smallest absolute Gasteiger partial charge is 0.325 e. The van der Waals surface area contributed by atoms with E-state index in [-0.39, 0.29) is 6.42 Å². The van der Waals surface area contributed by atoms with E-state index in [1.165, 1.54) is 0 Å². The number of carbonyl (C=O) groups is 2. The van der Waals surface area contributed by atoms with Gasteiger partial charge in [-0.15, -0.1) is 0 Å². The molecule has 0 aliphatic carbocycles. The van der Waals surface area contributed by atoms with E-state index in [0.29, 0.717) is 17.8 Å². The number of nitrogens with one attached hydrogen (secondary N) is 1. The predicted molar refractivity (Wildman–Crippen MR) is 106 cm³/mol. The third-order valence-electron chi connectivity index (χ3n) is 4.92. The predicted octanol–water partition coefficient (Wildman–Crippen LogP) is 3.85. The number of H-pyrrole nitrogens is 1. The van der Waals surface area contributed by atoms with E-state index in [0.717, 1.165) is 29.4 Å². The van der Waals surface area contributed by atoms with Crippen molar-refractivity contribution < 1.29 is 19.4 Å². The van der Waals surface area contributed by atoms with Gasteiger partial charge in [0, 0.05) is 35.7 Å². The van der Waals surface area contributed by atoms with Crippen LogP contribution in [-0.2, 0) is 16.0 Å². The van der Waals surface area contributed by atoms with E-state index in [1.807, 2.05) is 12.3 Å². The number of rotatable bonds is 9. The molecule has 0 amide bonds. The molecule has 1 unspecified atom stereocenters. The Labute approximate surface area is 160 Å². The Kier molecular flexibility index (Phi) is 7.02. The zero-order chi connectivity index (χ0) is 20.1. The number of hydrogen-bond donors (Lipinski definition) is 2. The van der Waals surface area contributed by atoms with Crippen LogP contribution in [0.3, 0.4) is 0 Å². The number of esters is 1. The highest BCUT2D eigenvalue weighted by molar-refractivity contribution is 5.97. The van der Waals surface area contributed by atoms with Gasteiger partial charge >= 0.3 is 11.9 Å². The first-order valence-corrected chi connectivity index (χ1v) is 9.55. The number of aromatic amines is 1. The number of carbonyl (C=O) groups excluding carboxylic acids is 1. The second kappa shape index (κ2) is 9.04. The molecular weight excluding hydrogens is 344 g/mol. The van der Waals surface area contributed by atoms with E-state index >= 15 is 0 Å². The summed E-state index contributed by atoms with van der Waals surface area (Å²) in [4.78, 5) is 29.2. The van der Waals surface area contributed by atoms with Crippen LogP contribution in [0, 0.1) is 5.92 Å². The minimum atomic E-state index is -1.16. The van der Waals surface area contributed by atoms with E-state index in [9.17, 15) is 14.7 Å². The summed E-state index contributed by atoms with van der Waals surface area (Å²) in [6.45, 7) is 11.3. The van der Waals surface area contributed by atoms with Crippen LogP contribution in [0.5, 0.6) is 5.75 Å². The maximum absolute atomic E-state index is 12.3. The number of nitrogens with zero attached hydrogens (tertiary/aromatic N) is 1. The van der Waals surface area contributed by atoms with Gasteiger partial charge < -0.3 is 14.8 Å². The first-order valence-electron chi connectivity index (χ1n) is 9.55. The molecule has 6 heteroatoms. The molecule has 1 heterocycles. The molecule has 0 fully saturated rings. The van der Waals surface area contributed by atoms with Gasteiger partial charge in [0.2, 0.25) is 0 Å². The summed E-state index contributed by atoms with van der Waals surface area (Å²) >= 11 is 0. The average Bonchev–Trinajstić information content (AvgIpc) is 2.99. The molecule has 0 saturated carbocycles. The van der Waals surface area contributed by atoms with Crippen LogP contribution >= 0.6 is 0 Å². The molecule has 148 valence electrons. The standard InChI is InChI=1S/C21H30N2O4/c1-6-16(20(24)25)21(26)27-18-9-7-8-17-19(18)15(12-22-17)10-11-23(13(2)3)14(4)5/h7-9,12-14,16,22H,6,10-11H2,1-5H3,(H,24,25). The van der Waals surface area contributed by atoms with Gasteiger partial charge in [-0.05, 0) is 58.2 Å². The van der Waals surface area contributed by atoms with Crippen LogP contribution in [-0.4, -0.2) is 45.6 Å². The highest BCUT2D eigenvalue weighted by Crippen LogP contribution is 2.30. The zero-order valence-corrected chi connectivity index (χ0v) is 16.8. The van der Waals surface area contributed by atoms with Crippen molar-refractivity contribution in [3.05, 3.63) is 30.0 Å². The topological polar surface area (TPSA) is 82.6 Å². The molecule has 0 bridgehead atoms. The number of carboxylic acids is 1. The van der Waals surface area contributed by atoms with Crippen molar-refractivity contribution in [2.24, 2.45) is 5.92 Å². The van der Waals surface area contributed by atoms with Crippen LogP contribution in [0.1, 0.15) is 46.6 Å². The fourth-order valence-electron chi connectivity index (χ4n) is 3.49. The zero-order valence-electron chi connectivity index (χ0n) is 16.8. The maximum atomic E-state index is 12.3. The third kappa shape index (κ3) is 4.89. The first kappa shape index (κ1) is 21.0. The van der Waals surface area contributed by atoms with E-state index in [4.69, 9.17) is 4.74 Å². The van der Waals surface area contributed by atoms with Crippen molar-refractivity contribution in [3.63, 3.8) is 0 Å². The number of aromatic nitrogens is 1. The van der Waals surface area contributed by atoms with Crippen LogP contribution in [0.15, 0.2) is 24.4 Å². The Hall–Kier alpha value is -2.34. The van der Waals surface area contributed by atoms with Gasteiger partial charge in [-0.3, -0.25) is 14.5 Å². The van der Waals surface area contributed by atoms with Crippen LogP contribution in [0.25, 0.3) is 10.9 Å². The van der Waals surface area contributed by atoms with Crippen LogP contribution in [0.4, 0.5) is 0 Å². The Balaban J connectivity index is 2.28. The van der Waals surface area contributed by atoms with Crippen molar-refractivity contribution in [2.75, 3.05) is 6.54 Å². The van der Waals surface area contributed by atoms with Gasteiger partial charge in [-0.25, -0.2) is 0 Å². The monoisotopic (exact) mass is 374 g/mol. The molecule has 1 aromatic carbocycles. The highest BCUT2D eigenvalue weighted by atomic mass is 16.5. The lowest BCUT2D eigenvalue weighted by atomic mass is 10.1. The largest absolute Gasteiger partial charge is 0.481 e.